The number of nitrogens with one attached hydrogen (secondary N) is 2. The molecule has 25 heavy (non-hydrogen) atoms. The van der Waals surface area contributed by atoms with Crippen molar-refractivity contribution in [3.8, 4) is 17.2 Å². The molecular formula is C18H20N2O5. The minimum absolute atomic E-state index is 0.209. The van der Waals surface area contributed by atoms with Crippen molar-refractivity contribution in [3.05, 3.63) is 48.5 Å². The summed E-state index contributed by atoms with van der Waals surface area (Å²) in [5, 5.41) is 5.00. The topological polar surface area (TPSA) is 85.9 Å². The molecule has 2 aromatic rings. The van der Waals surface area contributed by atoms with Gasteiger partial charge in [0.05, 0.1) is 20.8 Å². The average Bonchev–Trinajstić information content (AvgIpc) is 2.66. The number of methoxy groups -OCH3 is 2. The summed E-state index contributed by atoms with van der Waals surface area (Å²) in [4.78, 5) is 23.5. The Morgan fingerprint density at radius 2 is 1.32 bits per heavy atom. The van der Waals surface area contributed by atoms with Gasteiger partial charge in [0.1, 0.15) is 23.9 Å². The number of hydrogen-bond donors (Lipinski definition) is 2. The SMILES string of the molecule is COc1ccc(NC(=O)C(=O)NCCOc2ccc(OC)cc2)cc1. The van der Waals surface area contributed by atoms with Gasteiger partial charge in [-0.1, -0.05) is 0 Å². The molecule has 0 fully saturated rings. The van der Waals surface area contributed by atoms with Gasteiger partial charge in [-0.05, 0) is 48.5 Å². The fraction of sp³-hybridized carbons (Fsp3) is 0.222. The normalized spacial score (nSPS) is 9.84. The number of amides is 2. The maximum Gasteiger partial charge on any atom is 0.313 e. The van der Waals surface area contributed by atoms with Gasteiger partial charge in [0, 0.05) is 5.69 Å². The van der Waals surface area contributed by atoms with E-state index in [1.165, 1.54) is 0 Å². The van der Waals surface area contributed by atoms with Gasteiger partial charge in [0.2, 0.25) is 0 Å². The zero-order valence-corrected chi connectivity index (χ0v) is 14.1. The van der Waals surface area contributed by atoms with Crippen molar-refractivity contribution in [2.24, 2.45) is 0 Å². The smallest absolute Gasteiger partial charge is 0.313 e. The molecule has 7 nitrogen and oxygen atoms in total. The summed E-state index contributed by atoms with van der Waals surface area (Å²) in [6, 6.07) is 13.8. The van der Waals surface area contributed by atoms with Gasteiger partial charge >= 0.3 is 11.8 Å². The molecule has 2 N–H and O–H groups in total. The van der Waals surface area contributed by atoms with E-state index in [9.17, 15) is 9.59 Å². The summed E-state index contributed by atoms with van der Waals surface area (Å²) in [6.45, 7) is 0.453. The van der Waals surface area contributed by atoms with E-state index in [4.69, 9.17) is 14.2 Å². The molecule has 0 bridgehead atoms. The van der Waals surface area contributed by atoms with Crippen LogP contribution in [0.25, 0.3) is 0 Å². The summed E-state index contributed by atoms with van der Waals surface area (Å²) >= 11 is 0. The molecule has 2 amide bonds. The van der Waals surface area contributed by atoms with E-state index in [-0.39, 0.29) is 13.2 Å². The van der Waals surface area contributed by atoms with Gasteiger partial charge < -0.3 is 24.8 Å². The third-order valence-corrected chi connectivity index (χ3v) is 3.27. The number of rotatable bonds is 7. The van der Waals surface area contributed by atoms with Gasteiger partial charge in [0.25, 0.3) is 0 Å². The second-order valence-electron chi connectivity index (χ2n) is 4.96. The van der Waals surface area contributed by atoms with E-state index in [2.05, 4.69) is 10.6 Å². The zero-order chi connectivity index (χ0) is 18.1. The summed E-state index contributed by atoms with van der Waals surface area (Å²) in [5.74, 6) is 0.579. The van der Waals surface area contributed by atoms with Gasteiger partial charge in [0.15, 0.2) is 0 Å². The summed E-state index contributed by atoms with van der Waals surface area (Å²) in [7, 11) is 3.14. The maximum atomic E-state index is 11.8. The van der Waals surface area contributed by atoms with E-state index < -0.39 is 11.8 Å². The number of ether oxygens (including phenoxy) is 3. The van der Waals surface area contributed by atoms with Crippen molar-refractivity contribution in [1.29, 1.82) is 0 Å². The van der Waals surface area contributed by atoms with Crippen LogP contribution in [-0.4, -0.2) is 39.2 Å². The summed E-state index contributed by atoms with van der Waals surface area (Å²) in [6.07, 6.45) is 0. The monoisotopic (exact) mass is 344 g/mol. The van der Waals surface area contributed by atoms with Crippen LogP contribution in [0.4, 0.5) is 5.69 Å². The van der Waals surface area contributed by atoms with Gasteiger partial charge in [-0.2, -0.15) is 0 Å². The van der Waals surface area contributed by atoms with Crippen LogP contribution in [0, 0.1) is 0 Å². The quantitative estimate of drug-likeness (QED) is 0.591. The molecule has 0 unspecified atom stereocenters. The Hall–Kier alpha value is -3.22. The number of benzene rings is 2. The molecule has 0 radical (unpaired) electrons. The molecule has 0 heterocycles. The van der Waals surface area contributed by atoms with Crippen molar-refractivity contribution in [3.63, 3.8) is 0 Å². The standard InChI is InChI=1S/C18H20N2O5/c1-23-14-5-3-13(4-6-14)20-18(22)17(21)19-11-12-25-16-9-7-15(24-2)8-10-16/h3-10H,11-12H2,1-2H3,(H,19,21)(H,20,22). The lowest BCUT2D eigenvalue weighted by molar-refractivity contribution is -0.136. The van der Waals surface area contributed by atoms with Crippen molar-refractivity contribution in [2.45, 2.75) is 0 Å². The van der Waals surface area contributed by atoms with Crippen molar-refractivity contribution >= 4 is 17.5 Å². The van der Waals surface area contributed by atoms with Gasteiger partial charge in [-0.15, -0.1) is 0 Å². The molecule has 0 saturated carbocycles. The fourth-order valence-corrected chi connectivity index (χ4v) is 1.95. The van der Waals surface area contributed by atoms with Crippen molar-refractivity contribution in [2.75, 3.05) is 32.7 Å². The first-order valence-electron chi connectivity index (χ1n) is 7.62. The van der Waals surface area contributed by atoms with Gasteiger partial charge in [-0.25, -0.2) is 0 Å². The van der Waals surface area contributed by atoms with Crippen LogP contribution in [0.15, 0.2) is 48.5 Å². The molecule has 0 aromatic heterocycles. The molecule has 2 aromatic carbocycles. The van der Waals surface area contributed by atoms with Crippen LogP contribution in [0.1, 0.15) is 0 Å². The lowest BCUT2D eigenvalue weighted by Crippen LogP contribution is -2.37. The van der Waals surface area contributed by atoms with E-state index in [0.29, 0.717) is 17.2 Å². The highest BCUT2D eigenvalue weighted by atomic mass is 16.5. The van der Waals surface area contributed by atoms with Crippen molar-refractivity contribution < 1.29 is 23.8 Å². The van der Waals surface area contributed by atoms with Crippen molar-refractivity contribution in [1.82, 2.24) is 5.32 Å². The Morgan fingerprint density at radius 1 is 0.800 bits per heavy atom. The van der Waals surface area contributed by atoms with Crippen LogP contribution in [0.5, 0.6) is 17.2 Å². The van der Waals surface area contributed by atoms with Crippen LogP contribution >= 0.6 is 0 Å². The van der Waals surface area contributed by atoms with Crippen LogP contribution < -0.4 is 24.8 Å². The lowest BCUT2D eigenvalue weighted by Gasteiger charge is -2.09. The van der Waals surface area contributed by atoms with Gasteiger partial charge in [-0.3, -0.25) is 9.59 Å². The molecule has 0 aliphatic heterocycles. The molecule has 132 valence electrons. The number of carbonyl (C=O) groups is 2. The predicted octanol–water partition coefficient (Wildman–Crippen LogP) is 1.84. The molecule has 7 heteroatoms. The molecule has 2 rings (SSSR count). The zero-order valence-electron chi connectivity index (χ0n) is 14.1. The highest BCUT2D eigenvalue weighted by Crippen LogP contribution is 2.17. The number of anilines is 1. The Labute approximate surface area is 145 Å². The van der Waals surface area contributed by atoms with E-state index in [0.717, 1.165) is 5.75 Å². The highest BCUT2D eigenvalue weighted by molar-refractivity contribution is 6.39. The highest BCUT2D eigenvalue weighted by Gasteiger charge is 2.13. The largest absolute Gasteiger partial charge is 0.497 e. The minimum Gasteiger partial charge on any atom is -0.497 e. The maximum absolute atomic E-state index is 11.8. The number of carbonyl (C=O) groups excluding carboxylic acids is 2. The second-order valence-corrected chi connectivity index (χ2v) is 4.96. The predicted molar refractivity (Wildman–Crippen MR) is 93.1 cm³/mol. The first kappa shape index (κ1) is 18.1. The third kappa shape index (κ3) is 5.72. The van der Waals surface area contributed by atoms with E-state index in [1.54, 1.807) is 62.8 Å². The van der Waals surface area contributed by atoms with Crippen LogP contribution in [0.2, 0.25) is 0 Å². The first-order chi connectivity index (χ1) is 12.1. The Bertz CT molecular complexity index is 698. The minimum atomic E-state index is -0.741. The molecule has 0 spiro atoms. The van der Waals surface area contributed by atoms with E-state index >= 15 is 0 Å². The summed E-state index contributed by atoms with van der Waals surface area (Å²) < 4.78 is 15.5. The fourth-order valence-electron chi connectivity index (χ4n) is 1.95. The third-order valence-electron chi connectivity index (χ3n) is 3.27. The molecule has 0 saturated heterocycles. The molecule has 0 aliphatic rings. The Balaban J connectivity index is 1.70. The Kier molecular flexibility index (Phi) is 6.65. The Morgan fingerprint density at radius 3 is 1.88 bits per heavy atom. The summed E-state index contributed by atoms with van der Waals surface area (Å²) in [5.41, 5.74) is 0.510. The second kappa shape index (κ2) is 9.17. The van der Waals surface area contributed by atoms with Crippen LogP contribution in [0.3, 0.4) is 0 Å². The average molecular weight is 344 g/mol. The molecular weight excluding hydrogens is 324 g/mol. The lowest BCUT2D eigenvalue weighted by atomic mass is 10.3. The number of hydrogen-bond acceptors (Lipinski definition) is 5. The molecule has 0 aliphatic carbocycles. The van der Waals surface area contributed by atoms with E-state index in [1.807, 2.05) is 0 Å². The first-order valence-corrected chi connectivity index (χ1v) is 7.62. The molecule has 0 atom stereocenters. The van der Waals surface area contributed by atoms with Crippen LogP contribution in [-0.2, 0) is 9.59 Å².